The van der Waals surface area contributed by atoms with Gasteiger partial charge in [-0.1, -0.05) is 17.7 Å². The van der Waals surface area contributed by atoms with E-state index in [9.17, 15) is 5.11 Å². The fraction of sp³-hybridized carbons (Fsp3) is 0.316. The van der Waals surface area contributed by atoms with Crippen LogP contribution in [-0.4, -0.2) is 33.6 Å². The lowest BCUT2D eigenvalue weighted by atomic mass is 10.2. The first-order valence-electron chi connectivity index (χ1n) is 9.12. The number of phenolic OH excluding ortho intramolecular Hbond substituents is 1. The minimum atomic E-state index is -2.82. The number of nitrogens with one attached hydrogen (secondary N) is 2. The Bertz CT molecular complexity index is 959. The highest BCUT2D eigenvalue weighted by Gasteiger charge is 2.24. The molecule has 0 radical (unpaired) electrons. The number of benzene rings is 1. The van der Waals surface area contributed by atoms with Crippen molar-refractivity contribution in [2.75, 3.05) is 5.32 Å². The summed E-state index contributed by atoms with van der Waals surface area (Å²) < 4.78 is 11.6. The van der Waals surface area contributed by atoms with Gasteiger partial charge in [0, 0.05) is 16.8 Å². The highest BCUT2D eigenvalue weighted by molar-refractivity contribution is 8.09. The molecule has 0 atom stereocenters. The van der Waals surface area contributed by atoms with Crippen LogP contribution in [0.1, 0.15) is 33.3 Å². The van der Waals surface area contributed by atoms with Crippen molar-refractivity contribution in [3.05, 3.63) is 47.0 Å². The molecule has 0 aliphatic rings. The summed E-state index contributed by atoms with van der Waals surface area (Å²) in [5, 5.41) is 16.6. The van der Waals surface area contributed by atoms with E-state index in [0.717, 1.165) is 0 Å². The van der Waals surface area contributed by atoms with Crippen LogP contribution in [0.4, 0.5) is 11.6 Å². The number of aromatic hydroxyl groups is 1. The van der Waals surface area contributed by atoms with Crippen LogP contribution in [0.3, 0.4) is 0 Å². The van der Waals surface area contributed by atoms with Gasteiger partial charge < -0.3 is 19.5 Å². The molecule has 1 heterocycles. The number of anilines is 1. The minimum Gasteiger partial charge on any atom is -0.507 e. The third-order valence-corrected chi connectivity index (χ3v) is 6.52. The monoisotopic (exact) mass is 486 g/mol. The number of aliphatic imine (C=N–C) groups is 1. The number of halogens is 1. The van der Waals surface area contributed by atoms with Crippen LogP contribution in [0.5, 0.6) is 5.75 Å². The van der Waals surface area contributed by atoms with Gasteiger partial charge in [-0.25, -0.2) is 9.98 Å². The fourth-order valence-electron chi connectivity index (χ4n) is 2.23. The molecule has 30 heavy (non-hydrogen) atoms. The molecular weight excluding hydrogens is 463 g/mol. The summed E-state index contributed by atoms with van der Waals surface area (Å²) in [6.07, 6.45) is 1.24. The zero-order chi connectivity index (χ0) is 22.3. The number of hydrogen-bond donors (Lipinski definition) is 3. The summed E-state index contributed by atoms with van der Waals surface area (Å²) in [7, 11) is 0. The van der Waals surface area contributed by atoms with Crippen molar-refractivity contribution < 1.29 is 14.2 Å². The molecule has 0 amide bonds. The average Bonchev–Trinajstić information content (AvgIpc) is 2.60. The van der Waals surface area contributed by atoms with Gasteiger partial charge in [0.15, 0.2) is 10.9 Å². The van der Waals surface area contributed by atoms with Crippen molar-refractivity contribution >= 4 is 65.2 Å². The van der Waals surface area contributed by atoms with E-state index < -0.39 is 6.64 Å². The van der Waals surface area contributed by atoms with Crippen LogP contribution in [0, 0.1) is 0 Å². The van der Waals surface area contributed by atoms with Gasteiger partial charge in [-0.15, -0.1) is 0 Å². The maximum atomic E-state index is 9.88. The van der Waals surface area contributed by atoms with Crippen LogP contribution < -0.4 is 10.4 Å². The summed E-state index contributed by atoms with van der Waals surface area (Å²) >= 11 is 16.8. The highest BCUT2D eigenvalue weighted by atomic mass is 35.5. The molecule has 7 nitrogen and oxygen atoms in total. The smallest absolute Gasteiger partial charge is 0.289 e. The molecule has 2 aromatic rings. The van der Waals surface area contributed by atoms with Crippen LogP contribution in [0.15, 0.2) is 41.4 Å². The number of nitrogens with zero attached hydrogens (tertiary/aromatic N) is 2. The molecule has 0 bridgehead atoms. The second kappa shape index (κ2) is 11.1. The van der Waals surface area contributed by atoms with E-state index in [-0.39, 0.29) is 23.1 Å². The Labute approximate surface area is 192 Å². The molecule has 0 unspecified atom stereocenters. The molecule has 3 N–H and O–H groups in total. The summed E-state index contributed by atoms with van der Waals surface area (Å²) in [4.78, 5) is 8.66. The molecule has 0 aliphatic heterocycles. The van der Waals surface area contributed by atoms with Crippen LogP contribution >= 0.6 is 30.5 Å². The minimum absolute atomic E-state index is 0.0730. The van der Waals surface area contributed by atoms with Gasteiger partial charge in [0.2, 0.25) is 0 Å². The second-order valence-corrected chi connectivity index (χ2v) is 10.6. The number of hydrogen-bond acceptors (Lipinski definition) is 7. The van der Waals surface area contributed by atoms with Crippen molar-refractivity contribution in [1.29, 1.82) is 0 Å². The molecule has 0 aliphatic carbocycles. The second-order valence-electron chi connectivity index (χ2n) is 6.71. The molecule has 2 rings (SSSR count). The van der Waals surface area contributed by atoms with E-state index >= 15 is 0 Å². The Morgan fingerprint density at radius 1 is 1.20 bits per heavy atom. The molecule has 0 saturated heterocycles. The van der Waals surface area contributed by atoms with Crippen molar-refractivity contribution in [2.24, 2.45) is 4.99 Å². The van der Waals surface area contributed by atoms with E-state index in [1.165, 1.54) is 12.3 Å². The number of pyridine rings is 1. The first kappa shape index (κ1) is 24.7. The van der Waals surface area contributed by atoms with Gasteiger partial charge in [-0.05, 0) is 82.1 Å². The normalized spacial score (nSPS) is 12.0. The van der Waals surface area contributed by atoms with Gasteiger partial charge in [0.25, 0.3) is 6.64 Å². The van der Waals surface area contributed by atoms with E-state index in [1.54, 1.807) is 30.3 Å². The number of phenols is 1. The Kier molecular flexibility index (Phi) is 9.15. The van der Waals surface area contributed by atoms with Gasteiger partial charge in [0.1, 0.15) is 11.6 Å². The average molecular weight is 487 g/mol. The first-order chi connectivity index (χ1) is 14.1. The summed E-state index contributed by atoms with van der Waals surface area (Å²) in [5.74, 6) is 0.954. The van der Waals surface area contributed by atoms with E-state index in [0.29, 0.717) is 22.2 Å². The van der Waals surface area contributed by atoms with E-state index in [1.807, 2.05) is 27.7 Å². The third kappa shape index (κ3) is 8.26. The summed E-state index contributed by atoms with van der Waals surface area (Å²) in [6, 6.07) is 9.93. The fourth-order valence-corrected chi connectivity index (χ4v) is 5.93. The number of rotatable bonds is 8. The first-order valence-corrected chi connectivity index (χ1v) is 12.5. The molecule has 1 aromatic heterocycles. The van der Waals surface area contributed by atoms with Crippen molar-refractivity contribution in [3.8, 4) is 5.75 Å². The van der Waals surface area contributed by atoms with Crippen molar-refractivity contribution in [1.82, 2.24) is 10.1 Å². The molecule has 1 aromatic carbocycles. The quantitative estimate of drug-likeness (QED) is 0.254. The molecule has 0 spiro atoms. The molecule has 0 fully saturated rings. The van der Waals surface area contributed by atoms with Crippen LogP contribution in [0.2, 0.25) is 5.02 Å². The lowest BCUT2D eigenvalue weighted by Gasteiger charge is -2.27. The molecule has 162 valence electrons. The SMILES string of the molecule is CC(C)OP(=S)(NC(=S)Nc1cccc(/N=C/c2cc(Cl)ccc2O)n1)OC(C)C. The van der Waals surface area contributed by atoms with Crippen molar-refractivity contribution in [2.45, 2.75) is 39.9 Å². The molecule has 0 saturated carbocycles. The Balaban J connectivity index is 2.10. The Morgan fingerprint density at radius 2 is 1.87 bits per heavy atom. The topological polar surface area (TPSA) is 88.0 Å². The predicted octanol–water partition coefficient (Wildman–Crippen LogP) is 5.55. The van der Waals surface area contributed by atoms with Gasteiger partial charge in [0.05, 0.1) is 12.2 Å². The van der Waals surface area contributed by atoms with Gasteiger partial charge in [-0.3, -0.25) is 5.09 Å². The predicted molar refractivity (Wildman–Crippen MR) is 131 cm³/mol. The maximum absolute atomic E-state index is 9.88. The van der Waals surface area contributed by atoms with Crippen molar-refractivity contribution in [3.63, 3.8) is 0 Å². The third-order valence-electron chi connectivity index (χ3n) is 3.24. The van der Waals surface area contributed by atoms with Gasteiger partial charge in [-0.2, -0.15) is 0 Å². The lowest BCUT2D eigenvalue weighted by molar-refractivity contribution is 0.172. The molecular formula is C19H24ClN4O3PS2. The van der Waals surface area contributed by atoms with Crippen LogP contribution in [-0.2, 0) is 20.9 Å². The standard InChI is InChI=1S/C19H24ClN4O3PS2/c1-12(2)26-28(30,27-13(3)4)24-19(29)23-18-7-5-6-17(22-18)21-11-14-10-15(20)8-9-16(14)25/h5-13,25H,1-4H3,(H2,22,23,24,29,30)/b21-11+. The maximum Gasteiger partial charge on any atom is 0.289 e. The van der Waals surface area contributed by atoms with Gasteiger partial charge >= 0.3 is 0 Å². The molecule has 11 heteroatoms. The largest absolute Gasteiger partial charge is 0.507 e. The highest BCUT2D eigenvalue weighted by Crippen LogP contribution is 2.46. The summed E-state index contributed by atoms with van der Waals surface area (Å²) in [5.41, 5.74) is 0.484. The summed E-state index contributed by atoms with van der Waals surface area (Å²) in [6.45, 7) is 4.70. The lowest BCUT2D eigenvalue weighted by Crippen LogP contribution is -2.29. The Morgan fingerprint density at radius 3 is 2.50 bits per heavy atom. The Hall–Kier alpha value is -1.61. The zero-order valence-corrected chi connectivity index (χ0v) is 20.3. The van der Waals surface area contributed by atoms with E-state index in [4.69, 9.17) is 44.7 Å². The van der Waals surface area contributed by atoms with E-state index in [2.05, 4.69) is 20.4 Å². The zero-order valence-electron chi connectivity index (χ0n) is 17.0. The van der Waals surface area contributed by atoms with Crippen LogP contribution in [0.25, 0.3) is 0 Å². The number of aromatic nitrogens is 1. The number of thiocarbonyl (C=S) groups is 1.